The van der Waals surface area contributed by atoms with Gasteiger partial charge in [0.2, 0.25) is 0 Å². The SMILES string of the molecule is O=Cc1cc2c(c3ccccc13)C1C3C=CC(C3)C1C2. The van der Waals surface area contributed by atoms with Gasteiger partial charge in [-0.15, -0.1) is 0 Å². The summed E-state index contributed by atoms with van der Waals surface area (Å²) in [5.74, 6) is 2.99. The predicted octanol–water partition coefficient (Wildman–Crippen LogP) is 4.11. The standard InChI is InChI=1S/C19H16O/c20-10-14-8-13-9-17-11-5-6-12(7-11)18(17)19(13)16-4-2-1-3-15(14)16/h1-6,8,10-12,17-18H,7,9H2. The van der Waals surface area contributed by atoms with Crippen molar-refractivity contribution >= 4 is 17.1 Å². The molecule has 20 heavy (non-hydrogen) atoms. The van der Waals surface area contributed by atoms with Crippen LogP contribution in [-0.2, 0) is 6.42 Å². The summed E-state index contributed by atoms with van der Waals surface area (Å²) in [6.07, 6.45) is 8.39. The molecule has 98 valence electrons. The molecule has 1 saturated carbocycles. The maximum absolute atomic E-state index is 11.4. The first-order valence-electron chi connectivity index (χ1n) is 7.55. The average Bonchev–Trinajstić information content (AvgIpc) is 3.17. The Morgan fingerprint density at radius 3 is 2.70 bits per heavy atom. The summed E-state index contributed by atoms with van der Waals surface area (Å²) in [5.41, 5.74) is 3.84. The minimum Gasteiger partial charge on any atom is -0.298 e. The Bertz CT molecular complexity index is 771. The average molecular weight is 260 g/mol. The van der Waals surface area contributed by atoms with Crippen LogP contribution >= 0.6 is 0 Å². The lowest BCUT2D eigenvalue weighted by atomic mass is 9.82. The van der Waals surface area contributed by atoms with E-state index in [1.54, 1.807) is 5.56 Å². The van der Waals surface area contributed by atoms with E-state index in [0.29, 0.717) is 5.92 Å². The molecular weight excluding hydrogens is 244 g/mol. The fourth-order valence-corrected chi connectivity index (χ4v) is 5.03. The van der Waals surface area contributed by atoms with E-state index in [2.05, 4.69) is 36.4 Å². The van der Waals surface area contributed by atoms with Crippen molar-refractivity contribution in [1.29, 1.82) is 0 Å². The summed E-state index contributed by atoms with van der Waals surface area (Å²) in [5, 5.41) is 2.45. The van der Waals surface area contributed by atoms with Crippen LogP contribution < -0.4 is 0 Å². The van der Waals surface area contributed by atoms with Crippen molar-refractivity contribution in [3.05, 3.63) is 59.2 Å². The van der Waals surface area contributed by atoms with Gasteiger partial charge in [0, 0.05) is 5.56 Å². The lowest BCUT2D eigenvalue weighted by molar-refractivity contribution is 0.112. The van der Waals surface area contributed by atoms with Crippen LogP contribution in [-0.4, -0.2) is 6.29 Å². The second kappa shape index (κ2) is 3.60. The highest BCUT2D eigenvalue weighted by atomic mass is 16.1. The predicted molar refractivity (Wildman–Crippen MR) is 80.0 cm³/mol. The number of aldehydes is 1. The van der Waals surface area contributed by atoms with Crippen LogP contribution in [0.4, 0.5) is 0 Å². The van der Waals surface area contributed by atoms with E-state index in [1.165, 1.54) is 17.4 Å². The molecule has 0 N–H and O–H groups in total. The first-order valence-corrected chi connectivity index (χ1v) is 7.55. The topological polar surface area (TPSA) is 17.1 Å². The monoisotopic (exact) mass is 260 g/mol. The van der Waals surface area contributed by atoms with Gasteiger partial charge in [-0.3, -0.25) is 4.79 Å². The molecule has 4 atom stereocenters. The van der Waals surface area contributed by atoms with Gasteiger partial charge in [0.15, 0.2) is 6.29 Å². The first kappa shape index (κ1) is 10.8. The minimum atomic E-state index is 0.700. The molecule has 0 radical (unpaired) electrons. The zero-order valence-electron chi connectivity index (χ0n) is 11.3. The largest absolute Gasteiger partial charge is 0.298 e. The van der Waals surface area contributed by atoms with Gasteiger partial charge < -0.3 is 0 Å². The lowest BCUT2D eigenvalue weighted by Gasteiger charge is -2.22. The highest BCUT2D eigenvalue weighted by molar-refractivity contribution is 6.01. The molecule has 3 aliphatic carbocycles. The smallest absolute Gasteiger partial charge is 0.150 e. The molecule has 0 saturated heterocycles. The van der Waals surface area contributed by atoms with Gasteiger partial charge in [0.25, 0.3) is 0 Å². The number of benzene rings is 2. The Kier molecular flexibility index (Phi) is 1.95. The Hall–Kier alpha value is -1.89. The Labute approximate surface area is 118 Å². The van der Waals surface area contributed by atoms with Crippen molar-refractivity contribution in [3.8, 4) is 0 Å². The second-order valence-corrected chi connectivity index (χ2v) is 6.54. The number of carbonyl (C=O) groups excluding carboxylic acids is 1. The molecule has 2 aromatic rings. The number of allylic oxidation sites excluding steroid dienone is 2. The number of fused-ring (bicyclic) bond motifs is 9. The molecule has 1 fully saturated rings. The summed E-state index contributed by atoms with van der Waals surface area (Å²) >= 11 is 0. The van der Waals surface area contributed by atoms with Gasteiger partial charge in [-0.25, -0.2) is 0 Å². The van der Waals surface area contributed by atoms with E-state index < -0.39 is 0 Å². The summed E-state index contributed by atoms with van der Waals surface area (Å²) < 4.78 is 0. The fourth-order valence-electron chi connectivity index (χ4n) is 5.03. The molecule has 2 aromatic carbocycles. The van der Waals surface area contributed by atoms with Crippen LogP contribution in [0.2, 0.25) is 0 Å². The van der Waals surface area contributed by atoms with Crippen LogP contribution in [0.25, 0.3) is 10.8 Å². The van der Waals surface area contributed by atoms with E-state index in [-0.39, 0.29) is 0 Å². The molecule has 4 unspecified atom stereocenters. The number of rotatable bonds is 1. The van der Waals surface area contributed by atoms with Crippen molar-refractivity contribution in [2.75, 3.05) is 0 Å². The third kappa shape index (κ3) is 1.17. The Balaban J connectivity index is 1.84. The quantitative estimate of drug-likeness (QED) is 0.557. The van der Waals surface area contributed by atoms with Crippen molar-refractivity contribution in [2.24, 2.45) is 17.8 Å². The van der Waals surface area contributed by atoms with Crippen molar-refractivity contribution < 1.29 is 4.79 Å². The first-order chi connectivity index (χ1) is 9.86. The molecule has 0 aromatic heterocycles. The maximum Gasteiger partial charge on any atom is 0.150 e. The zero-order chi connectivity index (χ0) is 13.3. The molecule has 0 amide bonds. The molecule has 1 nitrogen and oxygen atoms in total. The molecule has 1 heteroatoms. The summed E-state index contributed by atoms with van der Waals surface area (Å²) in [7, 11) is 0. The van der Waals surface area contributed by atoms with Crippen LogP contribution in [0.1, 0.15) is 33.8 Å². The van der Waals surface area contributed by atoms with E-state index in [9.17, 15) is 4.79 Å². The zero-order valence-corrected chi connectivity index (χ0v) is 11.3. The number of hydrogen-bond donors (Lipinski definition) is 0. The summed E-state index contributed by atoms with van der Waals surface area (Å²) in [4.78, 5) is 11.4. The van der Waals surface area contributed by atoms with Crippen LogP contribution in [0.3, 0.4) is 0 Å². The molecule has 0 aliphatic heterocycles. The van der Waals surface area contributed by atoms with E-state index >= 15 is 0 Å². The normalized spacial score (nSPS) is 32.6. The molecule has 0 heterocycles. The van der Waals surface area contributed by atoms with Gasteiger partial charge in [-0.05, 0) is 64.5 Å². The third-order valence-corrected chi connectivity index (χ3v) is 5.74. The van der Waals surface area contributed by atoms with Gasteiger partial charge in [0.05, 0.1) is 0 Å². The Morgan fingerprint density at radius 1 is 1.05 bits per heavy atom. The van der Waals surface area contributed by atoms with Crippen LogP contribution in [0, 0.1) is 17.8 Å². The van der Waals surface area contributed by atoms with E-state index in [4.69, 9.17) is 0 Å². The van der Waals surface area contributed by atoms with Gasteiger partial charge in [0.1, 0.15) is 0 Å². The van der Waals surface area contributed by atoms with Gasteiger partial charge >= 0.3 is 0 Å². The van der Waals surface area contributed by atoms with E-state index in [1.807, 2.05) is 6.07 Å². The van der Waals surface area contributed by atoms with Crippen molar-refractivity contribution in [3.63, 3.8) is 0 Å². The fraction of sp³-hybridized carbons (Fsp3) is 0.316. The molecular formula is C19H16O. The summed E-state index contributed by atoms with van der Waals surface area (Å²) in [6, 6.07) is 10.6. The van der Waals surface area contributed by atoms with Crippen LogP contribution in [0.15, 0.2) is 42.5 Å². The van der Waals surface area contributed by atoms with Crippen molar-refractivity contribution in [2.45, 2.75) is 18.8 Å². The molecule has 2 bridgehead atoms. The molecule has 3 aliphatic rings. The maximum atomic E-state index is 11.4. The van der Waals surface area contributed by atoms with Crippen molar-refractivity contribution in [1.82, 2.24) is 0 Å². The van der Waals surface area contributed by atoms with Crippen LogP contribution in [0.5, 0.6) is 0 Å². The highest BCUT2D eigenvalue weighted by Gasteiger charge is 2.49. The Morgan fingerprint density at radius 2 is 1.85 bits per heavy atom. The number of hydrogen-bond acceptors (Lipinski definition) is 1. The van der Waals surface area contributed by atoms with E-state index in [0.717, 1.165) is 41.4 Å². The molecule has 0 spiro atoms. The highest BCUT2D eigenvalue weighted by Crippen LogP contribution is 2.59. The number of carbonyl (C=O) groups is 1. The molecule has 5 rings (SSSR count). The van der Waals surface area contributed by atoms with Gasteiger partial charge in [-0.1, -0.05) is 36.4 Å². The van der Waals surface area contributed by atoms with Gasteiger partial charge in [-0.2, -0.15) is 0 Å². The lowest BCUT2D eigenvalue weighted by Crippen LogP contribution is -2.12. The third-order valence-electron chi connectivity index (χ3n) is 5.74. The second-order valence-electron chi connectivity index (χ2n) is 6.54. The minimum absolute atomic E-state index is 0.700. The summed E-state index contributed by atoms with van der Waals surface area (Å²) in [6.45, 7) is 0.